The summed E-state index contributed by atoms with van der Waals surface area (Å²) in [7, 11) is 0. The number of carbonyl (C=O) groups excluding carboxylic acids is 1. The molecule has 0 bridgehead atoms. The lowest BCUT2D eigenvalue weighted by Crippen LogP contribution is -2.40. The topological polar surface area (TPSA) is 61.4 Å². The van der Waals surface area contributed by atoms with E-state index in [0.717, 1.165) is 41.4 Å². The monoisotopic (exact) mass is 326 g/mol. The normalized spacial score (nSPS) is 22.9. The van der Waals surface area contributed by atoms with Crippen molar-refractivity contribution in [2.75, 3.05) is 5.32 Å². The molecule has 1 aliphatic carbocycles. The SMILES string of the molecule is Cc1cc(NC(=O)NC2CCC(O)CC2)ccc1Br. The number of nitrogens with one attached hydrogen (secondary N) is 2. The second-order valence-corrected chi connectivity index (χ2v) is 5.92. The van der Waals surface area contributed by atoms with Crippen LogP contribution in [0.15, 0.2) is 22.7 Å². The molecule has 1 aliphatic rings. The Balaban J connectivity index is 1.85. The van der Waals surface area contributed by atoms with E-state index in [0.29, 0.717) is 0 Å². The first-order chi connectivity index (χ1) is 9.04. The molecule has 1 aromatic rings. The van der Waals surface area contributed by atoms with E-state index in [2.05, 4.69) is 26.6 Å². The minimum Gasteiger partial charge on any atom is -0.393 e. The zero-order valence-corrected chi connectivity index (χ0v) is 12.5. The van der Waals surface area contributed by atoms with Crippen LogP contribution in [0.25, 0.3) is 0 Å². The van der Waals surface area contributed by atoms with Crippen LogP contribution >= 0.6 is 15.9 Å². The van der Waals surface area contributed by atoms with Gasteiger partial charge in [-0.25, -0.2) is 4.79 Å². The van der Waals surface area contributed by atoms with Gasteiger partial charge in [0.25, 0.3) is 0 Å². The smallest absolute Gasteiger partial charge is 0.319 e. The Labute approximate surface area is 121 Å². The molecule has 104 valence electrons. The highest BCUT2D eigenvalue weighted by atomic mass is 79.9. The molecule has 1 saturated carbocycles. The van der Waals surface area contributed by atoms with Crippen LogP contribution in [0.2, 0.25) is 0 Å². The van der Waals surface area contributed by atoms with Crippen LogP contribution in [-0.2, 0) is 0 Å². The predicted molar refractivity (Wildman–Crippen MR) is 79.3 cm³/mol. The van der Waals surface area contributed by atoms with E-state index in [4.69, 9.17) is 0 Å². The summed E-state index contributed by atoms with van der Waals surface area (Å²) in [5.74, 6) is 0. The molecule has 5 heteroatoms. The lowest BCUT2D eigenvalue weighted by atomic mass is 9.93. The average Bonchev–Trinajstić information content (AvgIpc) is 2.37. The molecule has 0 heterocycles. The summed E-state index contributed by atoms with van der Waals surface area (Å²) in [6.45, 7) is 1.98. The summed E-state index contributed by atoms with van der Waals surface area (Å²) >= 11 is 3.43. The summed E-state index contributed by atoms with van der Waals surface area (Å²) < 4.78 is 1.03. The number of aliphatic hydroxyl groups excluding tert-OH is 1. The van der Waals surface area contributed by atoms with Gasteiger partial charge in [-0.3, -0.25) is 0 Å². The third-order valence-corrected chi connectivity index (χ3v) is 4.34. The van der Waals surface area contributed by atoms with Crippen molar-refractivity contribution in [2.24, 2.45) is 0 Å². The van der Waals surface area contributed by atoms with Gasteiger partial charge in [-0.15, -0.1) is 0 Å². The van der Waals surface area contributed by atoms with Crippen molar-refractivity contribution >= 4 is 27.6 Å². The summed E-state index contributed by atoms with van der Waals surface area (Å²) in [6, 6.07) is 5.69. The van der Waals surface area contributed by atoms with E-state index >= 15 is 0 Å². The Hall–Kier alpha value is -1.07. The van der Waals surface area contributed by atoms with Gasteiger partial charge < -0.3 is 15.7 Å². The van der Waals surface area contributed by atoms with Crippen molar-refractivity contribution < 1.29 is 9.90 Å². The minimum absolute atomic E-state index is 0.167. The maximum absolute atomic E-state index is 11.9. The van der Waals surface area contributed by atoms with E-state index in [1.54, 1.807) is 0 Å². The van der Waals surface area contributed by atoms with Crippen LogP contribution in [0, 0.1) is 6.92 Å². The van der Waals surface area contributed by atoms with Gasteiger partial charge in [-0.1, -0.05) is 15.9 Å². The maximum Gasteiger partial charge on any atom is 0.319 e. The first kappa shape index (κ1) is 14.3. The molecule has 1 aromatic carbocycles. The molecule has 0 aromatic heterocycles. The number of urea groups is 1. The summed E-state index contributed by atoms with van der Waals surface area (Å²) in [5.41, 5.74) is 1.87. The Kier molecular flexibility index (Phi) is 4.82. The molecule has 1 fully saturated rings. The van der Waals surface area contributed by atoms with Gasteiger partial charge in [0.2, 0.25) is 0 Å². The predicted octanol–water partition coefficient (Wildman–Crippen LogP) is 3.18. The Morgan fingerprint density at radius 1 is 1.32 bits per heavy atom. The van der Waals surface area contributed by atoms with Crippen molar-refractivity contribution in [3.05, 3.63) is 28.2 Å². The third-order valence-electron chi connectivity index (χ3n) is 3.45. The molecule has 3 N–H and O–H groups in total. The Morgan fingerprint density at radius 2 is 2.00 bits per heavy atom. The lowest BCUT2D eigenvalue weighted by molar-refractivity contribution is 0.118. The standard InChI is InChI=1S/C14H19BrN2O2/c1-9-8-11(4-7-13(9)15)17-14(19)16-10-2-5-12(18)6-3-10/h4,7-8,10,12,18H,2-3,5-6H2,1H3,(H2,16,17,19). The second kappa shape index (κ2) is 6.39. The Morgan fingerprint density at radius 3 is 2.63 bits per heavy atom. The number of hydrogen-bond acceptors (Lipinski definition) is 2. The fourth-order valence-corrected chi connectivity index (χ4v) is 2.54. The second-order valence-electron chi connectivity index (χ2n) is 5.07. The van der Waals surface area contributed by atoms with E-state index in [1.165, 1.54) is 0 Å². The molecule has 0 atom stereocenters. The fourth-order valence-electron chi connectivity index (χ4n) is 2.30. The van der Waals surface area contributed by atoms with Crippen LogP contribution in [0.3, 0.4) is 0 Å². The number of anilines is 1. The van der Waals surface area contributed by atoms with E-state index in [1.807, 2.05) is 25.1 Å². The van der Waals surface area contributed by atoms with Crippen molar-refractivity contribution in [1.82, 2.24) is 5.32 Å². The van der Waals surface area contributed by atoms with Crippen LogP contribution in [0.5, 0.6) is 0 Å². The highest BCUT2D eigenvalue weighted by molar-refractivity contribution is 9.10. The van der Waals surface area contributed by atoms with Crippen LogP contribution < -0.4 is 10.6 Å². The molecule has 0 aliphatic heterocycles. The van der Waals surface area contributed by atoms with Gasteiger partial charge in [0, 0.05) is 16.2 Å². The highest BCUT2D eigenvalue weighted by Crippen LogP contribution is 2.21. The summed E-state index contributed by atoms with van der Waals surface area (Å²) in [5, 5.41) is 15.2. The first-order valence-corrected chi connectivity index (χ1v) is 7.35. The maximum atomic E-state index is 11.9. The van der Waals surface area contributed by atoms with Crippen molar-refractivity contribution in [3.63, 3.8) is 0 Å². The van der Waals surface area contributed by atoms with E-state index < -0.39 is 0 Å². The van der Waals surface area contributed by atoms with E-state index in [-0.39, 0.29) is 18.2 Å². The molecule has 19 heavy (non-hydrogen) atoms. The van der Waals surface area contributed by atoms with Crippen molar-refractivity contribution in [2.45, 2.75) is 44.8 Å². The average molecular weight is 327 g/mol. The zero-order valence-electron chi connectivity index (χ0n) is 10.9. The number of hydrogen-bond donors (Lipinski definition) is 3. The molecule has 4 nitrogen and oxygen atoms in total. The molecule has 0 spiro atoms. The number of aliphatic hydroxyl groups is 1. The van der Waals surface area contributed by atoms with Crippen molar-refractivity contribution in [1.29, 1.82) is 0 Å². The van der Waals surface area contributed by atoms with Crippen molar-refractivity contribution in [3.8, 4) is 0 Å². The molecule has 0 saturated heterocycles. The van der Waals surface area contributed by atoms with Gasteiger partial charge in [-0.05, 0) is 56.4 Å². The molecule has 0 unspecified atom stereocenters. The lowest BCUT2D eigenvalue weighted by Gasteiger charge is -2.26. The molecule has 2 rings (SSSR count). The van der Waals surface area contributed by atoms with Gasteiger partial charge in [-0.2, -0.15) is 0 Å². The van der Waals surface area contributed by atoms with Gasteiger partial charge in [0.15, 0.2) is 0 Å². The number of halogens is 1. The first-order valence-electron chi connectivity index (χ1n) is 6.56. The van der Waals surface area contributed by atoms with Gasteiger partial charge in [0.05, 0.1) is 6.10 Å². The Bertz CT molecular complexity index is 457. The number of carbonyl (C=O) groups is 1. The molecular formula is C14H19BrN2O2. The number of aryl methyl sites for hydroxylation is 1. The van der Waals surface area contributed by atoms with Gasteiger partial charge in [0.1, 0.15) is 0 Å². The third kappa shape index (κ3) is 4.21. The minimum atomic E-state index is -0.199. The highest BCUT2D eigenvalue weighted by Gasteiger charge is 2.20. The van der Waals surface area contributed by atoms with Crippen LogP contribution in [0.4, 0.5) is 10.5 Å². The molecule has 2 amide bonds. The van der Waals surface area contributed by atoms with Crippen LogP contribution in [-0.4, -0.2) is 23.3 Å². The molecule has 0 radical (unpaired) electrons. The van der Waals surface area contributed by atoms with Gasteiger partial charge >= 0.3 is 6.03 Å². The number of benzene rings is 1. The number of rotatable bonds is 2. The zero-order chi connectivity index (χ0) is 13.8. The summed E-state index contributed by atoms with van der Waals surface area (Å²) in [6.07, 6.45) is 3.02. The number of amides is 2. The quantitative estimate of drug-likeness (QED) is 0.781. The fraction of sp³-hybridized carbons (Fsp3) is 0.500. The summed E-state index contributed by atoms with van der Waals surface area (Å²) in [4.78, 5) is 11.9. The van der Waals surface area contributed by atoms with Crippen LogP contribution in [0.1, 0.15) is 31.2 Å². The largest absolute Gasteiger partial charge is 0.393 e. The van der Waals surface area contributed by atoms with E-state index in [9.17, 15) is 9.90 Å². The molecular weight excluding hydrogens is 308 g/mol.